The van der Waals surface area contributed by atoms with Gasteiger partial charge in [0.25, 0.3) is 0 Å². The first-order chi connectivity index (χ1) is 18.6. The molecule has 3 aliphatic rings. The van der Waals surface area contributed by atoms with Crippen LogP contribution in [0.3, 0.4) is 0 Å². The van der Waals surface area contributed by atoms with Gasteiger partial charge in [-0.15, -0.1) is 0 Å². The fraction of sp³-hybridized carbons (Fsp3) is 0.387. The first-order valence-corrected chi connectivity index (χ1v) is 13.7. The summed E-state index contributed by atoms with van der Waals surface area (Å²) in [6, 6.07) is 10.4. The first-order valence-electron chi connectivity index (χ1n) is 13.7. The third-order valence-corrected chi connectivity index (χ3v) is 8.65. The standard InChI is InChI=1S/C31H30F2N4O/c32-24-13-5-11-20-10-4-12-22(25(20)24)28-26(33)29-23(18-34-28)27(21-8-2-1-3-9-21)35-30(36-29)38-19-31-14-6-16-37(31)17-7-15-31/h4-5,8,10-13,18H,1-3,6-7,9,14-17,19H2. The van der Waals surface area contributed by atoms with Gasteiger partial charge in [0.2, 0.25) is 0 Å². The minimum absolute atomic E-state index is 0.0328. The maximum Gasteiger partial charge on any atom is 0.317 e. The molecular formula is C31H30F2N4O. The lowest BCUT2D eigenvalue weighted by molar-refractivity contribution is 0.107. The van der Waals surface area contributed by atoms with Crippen LogP contribution in [0.15, 0.2) is 48.7 Å². The van der Waals surface area contributed by atoms with Crippen LogP contribution >= 0.6 is 0 Å². The van der Waals surface area contributed by atoms with Gasteiger partial charge in [-0.25, -0.2) is 8.78 Å². The van der Waals surface area contributed by atoms with E-state index in [-0.39, 0.29) is 22.8 Å². The Kier molecular flexibility index (Phi) is 5.84. The van der Waals surface area contributed by atoms with Crippen molar-refractivity contribution in [1.82, 2.24) is 19.9 Å². The van der Waals surface area contributed by atoms with Gasteiger partial charge in [0.15, 0.2) is 5.82 Å². The molecule has 0 bridgehead atoms. The molecule has 7 rings (SSSR count). The summed E-state index contributed by atoms with van der Waals surface area (Å²) in [5.41, 5.74) is 2.47. The second-order valence-corrected chi connectivity index (χ2v) is 10.9. The average molecular weight is 513 g/mol. The van der Waals surface area contributed by atoms with Crippen molar-refractivity contribution in [3.63, 3.8) is 0 Å². The third-order valence-electron chi connectivity index (χ3n) is 8.65. The number of fused-ring (bicyclic) bond motifs is 3. The van der Waals surface area contributed by atoms with Crippen molar-refractivity contribution >= 4 is 27.2 Å². The maximum absolute atomic E-state index is 16.3. The smallest absolute Gasteiger partial charge is 0.317 e. The molecule has 4 heterocycles. The zero-order valence-corrected chi connectivity index (χ0v) is 21.4. The molecule has 0 atom stereocenters. The summed E-state index contributed by atoms with van der Waals surface area (Å²) < 4.78 is 37.5. The van der Waals surface area contributed by atoms with E-state index in [1.165, 1.54) is 18.9 Å². The monoisotopic (exact) mass is 512 g/mol. The maximum atomic E-state index is 16.3. The van der Waals surface area contributed by atoms with Crippen LogP contribution in [0.4, 0.5) is 8.78 Å². The zero-order valence-electron chi connectivity index (χ0n) is 21.4. The molecule has 38 heavy (non-hydrogen) atoms. The Morgan fingerprint density at radius 2 is 1.74 bits per heavy atom. The fourth-order valence-electron chi connectivity index (χ4n) is 6.74. The van der Waals surface area contributed by atoms with Gasteiger partial charge in [0.05, 0.1) is 11.2 Å². The number of nitrogens with zero attached hydrogens (tertiary/aromatic N) is 4. The van der Waals surface area contributed by atoms with E-state index in [9.17, 15) is 4.39 Å². The molecule has 2 aromatic carbocycles. The molecule has 5 nitrogen and oxygen atoms in total. The van der Waals surface area contributed by atoms with Crippen LogP contribution in [0.5, 0.6) is 6.01 Å². The van der Waals surface area contributed by atoms with Crippen LogP contribution in [0.2, 0.25) is 0 Å². The van der Waals surface area contributed by atoms with Crippen molar-refractivity contribution in [1.29, 1.82) is 0 Å². The highest BCUT2D eigenvalue weighted by Gasteiger charge is 2.45. The zero-order chi connectivity index (χ0) is 25.7. The number of halogens is 2. The normalized spacial score (nSPS) is 19.2. The molecule has 0 unspecified atom stereocenters. The second kappa shape index (κ2) is 9.38. The summed E-state index contributed by atoms with van der Waals surface area (Å²) in [5, 5.41) is 1.61. The predicted octanol–water partition coefficient (Wildman–Crippen LogP) is 7.09. The Bertz CT molecular complexity index is 1570. The molecule has 2 saturated heterocycles. The van der Waals surface area contributed by atoms with Crippen LogP contribution in [0.1, 0.15) is 57.1 Å². The molecule has 0 spiro atoms. The Labute approximate surface area is 220 Å². The highest BCUT2D eigenvalue weighted by Crippen LogP contribution is 2.40. The largest absolute Gasteiger partial charge is 0.461 e. The minimum Gasteiger partial charge on any atom is -0.461 e. The molecule has 4 aromatic rings. The van der Waals surface area contributed by atoms with E-state index in [1.807, 2.05) is 12.1 Å². The van der Waals surface area contributed by atoms with Gasteiger partial charge in [-0.2, -0.15) is 9.97 Å². The number of aromatic nitrogens is 3. The van der Waals surface area contributed by atoms with Crippen molar-refractivity contribution in [2.45, 2.75) is 56.9 Å². The highest BCUT2D eigenvalue weighted by atomic mass is 19.1. The number of hydrogen-bond donors (Lipinski definition) is 0. The summed E-state index contributed by atoms with van der Waals surface area (Å²) in [5.74, 6) is -0.985. The van der Waals surface area contributed by atoms with Gasteiger partial charge in [0, 0.05) is 22.5 Å². The minimum atomic E-state index is -0.579. The lowest BCUT2D eigenvalue weighted by atomic mass is 9.94. The number of benzene rings is 2. The van der Waals surface area contributed by atoms with Crippen LogP contribution in [0, 0.1) is 11.6 Å². The van der Waals surface area contributed by atoms with Gasteiger partial charge in [-0.1, -0.05) is 36.4 Å². The van der Waals surface area contributed by atoms with Crippen molar-refractivity contribution in [2.75, 3.05) is 19.7 Å². The summed E-state index contributed by atoms with van der Waals surface area (Å²) in [6.07, 6.45) is 12.4. The number of rotatable bonds is 5. The second-order valence-electron chi connectivity index (χ2n) is 10.9. The summed E-state index contributed by atoms with van der Waals surface area (Å²) in [4.78, 5) is 16.5. The molecule has 2 aliphatic heterocycles. The third kappa shape index (κ3) is 3.87. The van der Waals surface area contributed by atoms with Gasteiger partial charge in [-0.05, 0) is 81.5 Å². The number of ether oxygens (including phenoxy) is 1. The van der Waals surface area contributed by atoms with Gasteiger partial charge in [0.1, 0.15) is 23.6 Å². The van der Waals surface area contributed by atoms with E-state index >= 15 is 4.39 Å². The Hall–Kier alpha value is -3.45. The topological polar surface area (TPSA) is 51.1 Å². The van der Waals surface area contributed by atoms with Crippen molar-refractivity contribution < 1.29 is 13.5 Å². The predicted molar refractivity (Wildman–Crippen MR) is 145 cm³/mol. The molecule has 1 aliphatic carbocycles. The van der Waals surface area contributed by atoms with E-state index < -0.39 is 11.6 Å². The molecule has 0 amide bonds. The number of hydrogen-bond acceptors (Lipinski definition) is 5. The summed E-state index contributed by atoms with van der Waals surface area (Å²) in [7, 11) is 0. The SMILES string of the molecule is Fc1c(-c2cccc3cccc(F)c23)ncc2c(C3=CCCCC3)nc(OCC34CCCN3CCC4)nc12. The van der Waals surface area contributed by atoms with Crippen molar-refractivity contribution in [2.24, 2.45) is 0 Å². The van der Waals surface area contributed by atoms with Crippen molar-refractivity contribution in [3.05, 3.63) is 66.0 Å². The lowest BCUT2D eigenvalue weighted by Crippen LogP contribution is -2.43. The van der Waals surface area contributed by atoms with E-state index in [2.05, 4.69) is 20.9 Å². The Balaban J connectivity index is 1.37. The van der Waals surface area contributed by atoms with Crippen LogP contribution in [-0.4, -0.2) is 45.1 Å². The molecule has 0 saturated carbocycles. The van der Waals surface area contributed by atoms with Crippen LogP contribution < -0.4 is 4.74 Å². The van der Waals surface area contributed by atoms with Gasteiger partial charge in [-0.3, -0.25) is 9.88 Å². The van der Waals surface area contributed by atoms with Crippen molar-refractivity contribution in [3.8, 4) is 17.3 Å². The molecule has 7 heteroatoms. The Morgan fingerprint density at radius 3 is 2.53 bits per heavy atom. The molecule has 0 radical (unpaired) electrons. The van der Waals surface area contributed by atoms with E-state index in [0.29, 0.717) is 34.0 Å². The molecule has 194 valence electrons. The van der Waals surface area contributed by atoms with Gasteiger partial charge < -0.3 is 4.74 Å². The Morgan fingerprint density at radius 1 is 0.921 bits per heavy atom. The molecular weight excluding hydrogens is 482 g/mol. The van der Waals surface area contributed by atoms with E-state index in [4.69, 9.17) is 9.72 Å². The highest BCUT2D eigenvalue weighted by molar-refractivity contribution is 5.99. The number of pyridine rings is 1. The first kappa shape index (κ1) is 23.7. The number of allylic oxidation sites excluding steroid dienone is 2. The lowest BCUT2D eigenvalue weighted by Gasteiger charge is -2.31. The van der Waals surface area contributed by atoms with Crippen LogP contribution in [0.25, 0.3) is 38.5 Å². The molecule has 0 N–H and O–H groups in total. The summed E-state index contributed by atoms with van der Waals surface area (Å²) >= 11 is 0. The van der Waals surface area contributed by atoms with Crippen LogP contribution in [-0.2, 0) is 0 Å². The quantitative estimate of drug-likeness (QED) is 0.286. The van der Waals surface area contributed by atoms with Gasteiger partial charge >= 0.3 is 6.01 Å². The summed E-state index contributed by atoms with van der Waals surface area (Å²) in [6.45, 7) is 2.71. The average Bonchev–Trinajstić information content (AvgIpc) is 3.53. The van der Waals surface area contributed by atoms with E-state index in [0.717, 1.165) is 57.2 Å². The van der Waals surface area contributed by atoms with E-state index in [1.54, 1.807) is 24.4 Å². The fourth-order valence-corrected chi connectivity index (χ4v) is 6.74. The molecule has 2 aromatic heterocycles. The molecule has 2 fully saturated rings.